The summed E-state index contributed by atoms with van der Waals surface area (Å²) in [6, 6.07) is 3.64. The highest BCUT2D eigenvalue weighted by Gasteiger charge is 2.06. The lowest BCUT2D eigenvalue weighted by molar-refractivity contribution is 0.503. The molecule has 0 fully saturated rings. The first kappa shape index (κ1) is 13.1. The van der Waals surface area contributed by atoms with Gasteiger partial charge in [-0.05, 0) is 24.4 Å². The van der Waals surface area contributed by atoms with Crippen molar-refractivity contribution in [1.29, 1.82) is 0 Å². The van der Waals surface area contributed by atoms with E-state index in [1.807, 2.05) is 6.07 Å². The number of rotatable bonds is 3. The Morgan fingerprint density at radius 3 is 2.94 bits per heavy atom. The SMILES string of the molecule is S=C(NCc1ccco1)Nc1ncc(Cl)nc1Cl. The van der Waals surface area contributed by atoms with Crippen molar-refractivity contribution in [2.75, 3.05) is 5.32 Å². The average molecular weight is 303 g/mol. The maximum atomic E-state index is 5.85. The van der Waals surface area contributed by atoms with Crippen molar-refractivity contribution in [2.45, 2.75) is 6.54 Å². The van der Waals surface area contributed by atoms with E-state index in [4.69, 9.17) is 39.8 Å². The Labute approximate surface area is 119 Å². The van der Waals surface area contributed by atoms with Gasteiger partial charge in [-0.3, -0.25) is 0 Å². The number of hydrogen-bond acceptors (Lipinski definition) is 4. The molecule has 0 aliphatic heterocycles. The quantitative estimate of drug-likeness (QED) is 0.850. The van der Waals surface area contributed by atoms with Crippen LogP contribution in [0.1, 0.15) is 5.76 Å². The first-order valence-corrected chi connectivity index (χ1v) is 6.07. The van der Waals surface area contributed by atoms with Crippen LogP contribution in [0.3, 0.4) is 0 Å². The summed E-state index contributed by atoms with van der Waals surface area (Å²) in [5.74, 6) is 1.12. The highest BCUT2D eigenvalue weighted by molar-refractivity contribution is 7.80. The molecule has 0 saturated heterocycles. The molecule has 2 aromatic rings. The summed E-state index contributed by atoms with van der Waals surface area (Å²) in [6.07, 6.45) is 2.97. The van der Waals surface area contributed by atoms with Crippen molar-refractivity contribution in [3.05, 3.63) is 40.7 Å². The van der Waals surface area contributed by atoms with Gasteiger partial charge in [-0.15, -0.1) is 0 Å². The van der Waals surface area contributed by atoms with E-state index >= 15 is 0 Å². The van der Waals surface area contributed by atoms with E-state index in [1.54, 1.807) is 12.3 Å². The summed E-state index contributed by atoms with van der Waals surface area (Å²) in [5, 5.41) is 6.50. The summed E-state index contributed by atoms with van der Waals surface area (Å²) in [6.45, 7) is 0.470. The molecule has 2 heterocycles. The van der Waals surface area contributed by atoms with Crippen LogP contribution in [-0.4, -0.2) is 15.1 Å². The summed E-state index contributed by atoms with van der Waals surface area (Å²) in [5.41, 5.74) is 0. The zero-order valence-corrected chi connectivity index (χ0v) is 11.3. The van der Waals surface area contributed by atoms with Gasteiger partial charge >= 0.3 is 0 Å². The van der Waals surface area contributed by atoms with E-state index < -0.39 is 0 Å². The summed E-state index contributed by atoms with van der Waals surface area (Å²) in [4.78, 5) is 7.81. The highest BCUT2D eigenvalue weighted by atomic mass is 35.5. The third kappa shape index (κ3) is 3.56. The largest absolute Gasteiger partial charge is 0.467 e. The van der Waals surface area contributed by atoms with E-state index in [9.17, 15) is 0 Å². The fourth-order valence-electron chi connectivity index (χ4n) is 1.16. The summed E-state index contributed by atoms with van der Waals surface area (Å²) in [7, 11) is 0. The van der Waals surface area contributed by atoms with Crippen LogP contribution in [-0.2, 0) is 6.54 Å². The molecule has 0 aliphatic carbocycles. The molecule has 0 aromatic carbocycles. The zero-order valence-electron chi connectivity index (χ0n) is 8.98. The summed E-state index contributed by atoms with van der Waals surface area (Å²) >= 11 is 16.6. The number of thiocarbonyl (C=S) groups is 1. The van der Waals surface area contributed by atoms with Gasteiger partial charge in [-0.25, -0.2) is 9.97 Å². The molecule has 94 valence electrons. The lowest BCUT2D eigenvalue weighted by atomic mass is 10.4. The number of halogens is 2. The molecule has 0 bridgehead atoms. The number of hydrogen-bond donors (Lipinski definition) is 2. The molecule has 0 aliphatic rings. The Hall–Kier alpha value is -1.37. The fraction of sp³-hybridized carbons (Fsp3) is 0.100. The molecule has 0 unspecified atom stereocenters. The Balaban J connectivity index is 1.91. The Morgan fingerprint density at radius 1 is 1.44 bits per heavy atom. The maximum Gasteiger partial charge on any atom is 0.173 e. The van der Waals surface area contributed by atoms with Crippen molar-refractivity contribution in [3.63, 3.8) is 0 Å². The molecule has 8 heteroatoms. The second-order valence-electron chi connectivity index (χ2n) is 3.22. The Kier molecular flexibility index (Phi) is 4.35. The van der Waals surface area contributed by atoms with E-state index in [1.165, 1.54) is 6.20 Å². The van der Waals surface area contributed by atoms with Gasteiger partial charge < -0.3 is 15.1 Å². The van der Waals surface area contributed by atoms with E-state index in [-0.39, 0.29) is 10.3 Å². The summed E-state index contributed by atoms with van der Waals surface area (Å²) < 4.78 is 5.15. The highest BCUT2D eigenvalue weighted by Crippen LogP contribution is 2.17. The lowest BCUT2D eigenvalue weighted by Gasteiger charge is -2.09. The van der Waals surface area contributed by atoms with Crippen LogP contribution in [0.2, 0.25) is 10.3 Å². The molecule has 5 nitrogen and oxygen atoms in total. The second-order valence-corrected chi connectivity index (χ2v) is 4.37. The standard InChI is InChI=1S/C10H8Cl2N4OS/c11-7-5-13-9(8(12)15-7)16-10(18)14-4-6-2-1-3-17-6/h1-3,5H,4H2,(H2,13,14,16,18). The van der Waals surface area contributed by atoms with Crippen LogP contribution in [0.5, 0.6) is 0 Å². The predicted molar refractivity (Wildman–Crippen MR) is 73.8 cm³/mol. The number of aromatic nitrogens is 2. The molecular formula is C10H8Cl2N4OS. The molecule has 2 rings (SSSR count). The minimum atomic E-state index is 0.157. The molecule has 0 saturated carbocycles. The van der Waals surface area contributed by atoms with Gasteiger partial charge in [-0.2, -0.15) is 0 Å². The van der Waals surface area contributed by atoms with Crippen LogP contribution < -0.4 is 10.6 Å². The van der Waals surface area contributed by atoms with Gasteiger partial charge in [0, 0.05) is 0 Å². The fourth-order valence-corrected chi connectivity index (χ4v) is 1.70. The number of nitrogens with zero attached hydrogens (tertiary/aromatic N) is 2. The first-order valence-electron chi connectivity index (χ1n) is 4.90. The molecule has 2 aromatic heterocycles. The second kappa shape index (κ2) is 5.99. The van der Waals surface area contributed by atoms with Gasteiger partial charge in [-0.1, -0.05) is 23.2 Å². The van der Waals surface area contributed by atoms with Crippen molar-refractivity contribution >= 4 is 46.4 Å². The Morgan fingerprint density at radius 2 is 2.28 bits per heavy atom. The maximum absolute atomic E-state index is 5.85. The van der Waals surface area contributed by atoms with E-state index in [2.05, 4.69) is 20.6 Å². The van der Waals surface area contributed by atoms with Gasteiger partial charge in [0.25, 0.3) is 0 Å². The van der Waals surface area contributed by atoms with E-state index in [0.717, 1.165) is 5.76 Å². The van der Waals surface area contributed by atoms with Crippen LogP contribution in [0.15, 0.2) is 29.0 Å². The molecule has 0 radical (unpaired) electrons. The number of furan rings is 1. The average Bonchev–Trinajstić information content (AvgIpc) is 2.83. The minimum Gasteiger partial charge on any atom is -0.467 e. The predicted octanol–water partition coefficient (Wildman–Crippen LogP) is 2.86. The van der Waals surface area contributed by atoms with Gasteiger partial charge in [0.05, 0.1) is 19.0 Å². The normalized spacial score (nSPS) is 10.1. The zero-order chi connectivity index (χ0) is 13.0. The molecule has 18 heavy (non-hydrogen) atoms. The van der Waals surface area contributed by atoms with Crippen molar-refractivity contribution in [3.8, 4) is 0 Å². The molecule has 0 spiro atoms. The van der Waals surface area contributed by atoms with Crippen molar-refractivity contribution < 1.29 is 4.42 Å². The topological polar surface area (TPSA) is 63.0 Å². The number of anilines is 1. The smallest absolute Gasteiger partial charge is 0.173 e. The minimum absolute atomic E-state index is 0.157. The first-order chi connectivity index (χ1) is 8.65. The van der Waals surface area contributed by atoms with Crippen molar-refractivity contribution in [2.24, 2.45) is 0 Å². The van der Waals surface area contributed by atoms with Crippen LogP contribution >= 0.6 is 35.4 Å². The van der Waals surface area contributed by atoms with Gasteiger partial charge in [0.15, 0.2) is 16.1 Å². The molecule has 0 atom stereocenters. The third-order valence-corrected chi connectivity index (χ3v) is 2.63. The molecular weight excluding hydrogens is 295 g/mol. The molecule has 0 amide bonds. The van der Waals surface area contributed by atoms with E-state index in [0.29, 0.717) is 17.5 Å². The van der Waals surface area contributed by atoms with Crippen LogP contribution in [0, 0.1) is 0 Å². The number of nitrogens with one attached hydrogen (secondary N) is 2. The van der Waals surface area contributed by atoms with Gasteiger partial charge in [0.1, 0.15) is 10.9 Å². The van der Waals surface area contributed by atoms with Gasteiger partial charge in [0.2, 0.25) is 0 Å². The monoisotopic (exact) mass is 302 g/mol. The third-order valence-electron chi connectivity index (χ3n) is 1.94. The Bertz CT molecular complexity index is 547. The molecule has 2 N–H and O–H groups in total. The lowest BCUT2D eigenvalue weighted by Crippen LogP contribution is -2.28. The van der Waals surface area contributed by atoms with Crippen molar-refractivity contribution in [1.82, 2.24) is 15.3 Å². The van der Waals surface area contributed by atoms with Crippen LogP contribution in [0.4, 0.5) is 5.82 Å². The van der Waals surface area contributed by atoms with Crippen LogP contribution in [0.25, 0.3) is 0 Å².